The number of aliphatic carboxylic acids is 2. The number of imidazole rings is 2. The molecular formula is C15H23N5O4. The largest absolute Gasteiger partial charge is 0.481 e. The first-order chi connectivity index (χ1) is 11.2. The Bertz CT molecular complexity index is 621. The Morgan fingerprint density at radius 2 is 1.50 bits per heavy atom. The molecule has 2 atom stereocenters. The second-order valence-corrected chi connectivity index (χ2v) is 5.58. The van der Waals surface area contributed by atoms with Gasteiger partial charge in [0.1, 0.15) is 6.04 Å². The lowest BCUT2D eigenvalue weighted by molar-refractivity contribution is -0.141. The van der Waals surface area contributed by atoms with Crippen LogP contribution in [0.2, 0.25) is 0 Å². The maximum absolute atomic E-state index is 10.5. The number of aryl methyl sites for hydroxylation is 2. The van der Waals surface area contributed by atoms with Crippen molar-refractivity contribution in [1.29, 1.82) is 0 Å². The van der Waals surface area contributed by atoms with Crippen LogP contribution in [-0.4, -0.2) is 47.3 Å². The summed E-state index contributed by atoms with van der Waals surface area (Å²) in [6.45, 7) is 1.69. The highest BCUT2D eigenvalue weighted by Gasteiger charge is 2.14. The predicted molar refractivity (Wildman–Crippen MR) is 86.2 cm³/mol. The average molecular weight is 337 g/mol. The molecule has 2 rings (SSSR count). The van der Waals surface area contributed by atoms with E-state index in [0.29, 0.717) is 12.8 Å². The third kappa shape index (κ3) is 5.84. The highest BCUT2D eigenvalue weighted by Crippen LogP contribution is 2.06. The molecule has 0 radical (unpaired) electrons. The summed E-state index contributed by atoms with van der Waals surface area (Å²) in [5.41, 5.74) is 7.11. The normalized spacial score (nSPS) is 12.8. The molecule has 0 fully saturated rings. The summed E-state index contributed by atoms with van der Waals surface area (Å²) in [7, 11) is 3.66. The molecule has 0 aliphatic heterocycles. The van der Waals surface area contributed by atoms with E-state index in [1.54, 1.807) is 43.6 Å². The molecule has 24 heavy (non-hydrogen) atoms. The molecule has 0 aromatic carbocycles. The maximum Gasteiger partial charge on any atom is 0.320 e. The molecule has 0 saturated carbocycles. The standard InChI is InChI=1S/C8H12N2O2.C7H11N3O2/c1-6(8(11)12)3-7-4-9-5-10(7)2;1-10-4-9-3-5(10)2-6(8)7(11)12/h4-6H,3H2,1-2H3,(H,11,12);3-4,6H,2,8H2,1H3,(H,11,12). The maximum atomic E-state index is 10.5. The van der Waals surface area contributed by atoms with Gasteiger partial charge in [-0.1, -0.05) is 6.92 Å². The Hall–Kier alpha value is -2.68. The zero-order valence-corrected chi connectivity index (χ0v) is 14.0. The number of carbonyl (C=O) groups is 2. The van der Waals surface area contributed by atoms with Gasteiger partial charge in [-0.25, -0.2) is 9.97 Å². The van der Waals surface area contributed by atoms with Crippen LogP contribution in [-0.2, 0) is 36.5 Å². The quantitative estimate of drug-likeness (QED) is 0.678. The summed E-state index contributed by atoms with van der Waals surface area (Å²) < 4.78 is 3.59. The van der Waals surface area contributed by atoms with Crippen molar-refractivity contribution in [2.75, 3.05) is 0 Å². The van der Waals surface area contributed by atoms with Crippen molar-refractivity contribution >= 4 is 11.9 Å². The highest BCUT2D eigenvalue weighted by molar-refractivity contribution is 5.73. The summed E-state index contributed by atoms with van der Waals surface area (Å²) in [5.74, 6) is -2.10. The monoisotopic (exact) mass is 337 g/mol. The second-order valence-electron chi connectivity index (χ2n) is 5.58. The van der Waals surface area contributed by atoms with E-state index < -0.39 is 18.0 Å². The van der Waals surface area contributed by atoms with Gasteiger partial charge in [0.25, 0.3) is 0 Å². The first-order valence-corrected chi connectivity index (χ1v) is 7.34. The van der Waals surface area contributed by atoms with Crippen LogP contribution in [0.4, 0.5) is 0 Å². The van der Waals surface area contributed by atoms with Crippen molar-refractivity contribution in [3.8, 4) is 0 Å². The fourth-order valence-corrected chi connectivity index (χ4v) is 1.88. The van der Waals surface area contributed by atoms with Gasteiger partial charge < -0.3 is 25.1 Å². The number of hydrogen-bond acceptors (Lipinski definition) is 5. The van der Waals surface area contributed by atoms with Gasteiger partial charge in [0.05, 0.1) is 18.6 Å². The molecule has 4 N–H and O–H groups in total. The van der Waals surface area contributed by atoms with E-state index in [4.69, 9.17) is 15.9 Å². The zero-order chi connectivity index (χ0) is 18.3. The number of rotatable bonds is 6. The third-order valence-electron chi connectivity index (χ3n) is 3.52. The lowest BCUT2D eigenvalue weighted by atomic mass is 10.1. The molecule has 2 aromatic heterocycles. The van der Waals surface area contributed by atoms with Gasteiger partial charge in [0, 0.05) is 50.7 Å². The SMILES string of the molecule is CC(Cc1cncn1C)C(=O)O.Cn1cncc1CC(N)C(=O)O. The summed E-state index contributed by atoms with van der Waals surface area (Å²) in [6, 6.07) is -0.847. The van der Waals surface area contributed by atoms with E-state index in [-0.39, 0.29) is 5.92 Å². The molecule has 0 spiro atoms. The van der Waals surface area contributed by atoms with Crippen molar-refractivity contribution in [2.24, 2.45) is 25.7 Å². The van der Waals surface area contributed by atoms with Crippen LogP contribution in [0.5, 0.6) is 0 Å². The lowest BCUT2D eigenvalue weighted by Gasteiger charge is -2.05. The minimum absolute atomic E-state index is 0.311. The molecule has 0 saturated heterocycles. The van der Waals surface area contributed by atoms with Crippen LogP contribution in [0.15, 0.2) is 25.0 Å². The van der Waals surface area contributed by atoms with Crippen LogP contribution >= 0.6 is 0 Å². The van der Waals surface area contributed by atoms with Crippen LogP contribution < -0.4 is 5.73 Å². The fraction of sp³-hybridized carbons (Fsp3) is 0.467. The van der Waals surface area contributed by atoms with E-state index in [1.807, 2.05) is 11.6 Å². The van der Waals surface area contributed by atoms with E-state index in [2.05, 4.69) is 9.97 Å². The predicted octanol–water partition coefficient (Wildman–Crippen LogP) is 0.0578. The average Bonchev–Trinajstić information content (AvgIpc) is 3.09. The zero-order valence-electron chi connectivity index (χ0n) is 14.0. The number of carboxylic acid groups (broad SMARTS) is 2. The Morgan fingerprint density at radius 3 is 1.83 bits per heavy atom. The molecule has 2 unspecified atom stereocenters. The third-order valence-corrected chi connectivity index (χ3v) is 3.52. The molecule has 0 aliphatic rings. The highest BCUT2D eigenvalue weighted by atomic mass is 16.4. The van der Waals surface area contributed by atoms with Crippen molar-refractivity contribution in [1.82, 2.24) is 19.1 Å². The number of nitrogens with two attached hydrogens (primary N) is 1. The number of aromatic nitrogens is 4. The second kappa shape index (κ2) is 8.82. The van der Waals surface area contributed by atoms with E-state index in [9.17, 15) is 9.59 Å². The summed E-state index contributed by atoms with van der Waals surface area (Å²) >= 11 is 0. The Balaban J connectivity index is 0.000000240. The Morgan fingerprint density at radius 1 is 1.04 bits per heavy atom. The molecule has 0 aliphatic carbocycles. The van der Waals surface area contributed by atoms with E-state index in [0.717, 1.165) is 11.4 Å². The molecule has 9 heteroatoms. The summed E-state index contributed by atoms with van der Waals surface area (Å²) in [6.07, 6.45) is 7.44. The first kappa shape index (κ1) is 19.4. The fourth-order valence-electron chi connectivity index (χ4n) is 1.88. The van der Waals surface area contributed by atoms with Gasteiger partial charge in [-0.05, 0) is 0 Å². The van der Waals surface area contributed by atoms with E-state index in [1.165, 1.54) is 0 Å². The molecule has 2 aromatic rings. The van der Waals surface area contributed by atoms with Gasteiger partial charge in [0.2, 0.25) is 0 Å². The topological polar surface area (TPSA) is 136 Å². The molecule has 0 amide bonds. The van der Waals surface area contributed by atoms with Crippen molar-refractivity contribution < 1.29 is 19.8 Å². The summed E-state index contributed by atoms with van der Waals surface area (Å²) in [5, 5.41) is 17.2. The summed E-state index contributed by atoms with van der Waals surface area (Å²) in [4.78, 5) is 28.6. The van der Waals surface area contributed by atoms with Gasteiger partial charge in [0.15, 0.2) is 0 Å². The minimum atomic E-state index is -0.990. The van der Waals surface area contributed by atoms with Gasteiger partial charge >= 0.3 is 11.9 Å². The van der Waals surface area contributed by atoms with Crippen LogP contribution in [0, 0.1) is 5.92 Å². The Kier molecular flexibility index (Phi) is 7.12. The molecule has 9 nitrogen and oxygen atoms in total. The van der Waals surface area contributed by atoms with E-state index >= 15 is 0 Å². The van der Waals surface area contributed by atoms with Crippen molar-refractivity contribution in [3.05, 3.63) is 36.4 Å². The van der Waals surface area contributed by atoms with Crippen LogP contribution in [0.1, 0.15) is 18.3 Å². The van der Waals surface area contributed by atoms with Crippen LogP contribution in [0.3, 0.4) is 0 Å². The number of nitrogens with zero attached hydrogens (tertiary/aromatic N) is 4. The first-order valence-electron chi connectivity index (χ1n) is 7.34. The van der Waals surface area contributed by atoms with Crippen molar-refractivity contribution in [2.45, 2.75) is 25.8 Å². The smallest absolute Gasteiger partial charge is 0.320 e. The van der Waals surface area contributed by atoms with Gasteiger partial charge in [-0.15, -0.1) is 0 Å². The van der Waals surface area contributed by atoms with Crippen molar-refractivity contribution in [3.63, 3.8) is 0 Å². The number of carboxylic acids is 2. The lowest BCUT2D eigenvalue weighted by Crippen LogP contribution is -2.32. The number of hydrogen-bond donors (Lipinski definition) is 3. The molecule has 132 valence electrons. The molecular weight excluding hydrogens is 314 g/mol. The molecule has 0 bridgehead atoms. The minimum Gasteiger partial charge on any atom is -0.481 e. The molecule has 2 heterocycles. The van der Waals surface area contributed by atoms with Crippen LogP contribution in [0.25, 0.3) is 0 Å². The van der Waals surface area contributed by atoms with Gasteiger partial charge in [-0.3, -0.25) is 9.59 Å². The Labute approximate surface area is 139 Å². The van der Waals surface area contributed by atoms with Gasteiger partial charge in [-0.2, -0.15) is 0 Å².